The number of nitrogens with zero attached hydrogens (tertiary/aromatic N) is 1. The molecule has 0 spiro atoms. The van der Waals surface area contributed by atoms with Crippen molar-refractivity contribution in [3.8, 4) is 0 Å². The molecule has 0 bridgehead atoms. The van der Waals surface area contributed by atoms with Gasteiger partial charge in [0, 0.05) is 0 Å². The average Bonchev–Trinajstić information content (AvgIpc) is 3.52. The van der Waals surface area contributed by atoms with E-state index in [0.29, 0.717) is 24.0 Å². The molecule has 0 saturated heterocycles. The maximum atomic E-state index is 12.7. The van der Waals surface area contributed by atoms with Gasteiger partial charge in [-0.3, -0.25) is 4.79 Å². The molecule has 132 valence electrons. The van der Waals surface area contributed by atoms with Crippen molar-refractivity contribution in [1.29, 1.82) is 0 Å². The summed E-state index contributed by atoms with van der Waals surface area (Å²) in [6.07, 6.45) is 10.4. The van der Waals surface area contributed by atoms with Crippen molar-refractivity contribution in [2.45, 2.75) is 69.7 Å². The van der Waals surface area contributed by atoms with E-state index in [9.17, 15) is 9.90 Å². The third kappa shape index (κ3) is 3.51. The van der Waals surface area contributed by atoms with Gasteiger partial charge in [0.25, 0.3) is 5.91 Å². The fourth-order valence-corrected chi connectivity index (χ4v) is 3.88. The first-order chi connectivity index (χ1) is 11.7. The van der Waals surface area contributed by atoms with Gasteiger partial charge in [-0.1, -0.05) is 12.8 Å². The minimum atomic E-state index is -0.435. The van der Waals surface area contributed by atoms with Crippen LogP contribution < -0.4 is 5.32 Å². The zero-order valence-electron chi connectivity index (χ0n) is 14.4. The number of amides is 1. The number of carbonyl (C=O) groups is 1. The number of aliphatic imine (C=N–C) groups is 1. The number of ether oxygens (including phenoxy) is 1. The van der Waals surface area contributed by atoms with Crippen LogP contribution in [0.15, 0.2) is 16.4 Å². The summed E-state index contributed by atoms with van der Waals surface area (Å²) in [4.78, 5) is 17.3. The molecule has 1 heterocycles. The molecule has 0 unspecified atom stereocenters. The molecular formula is C19H28N2O3. The third-order valence-electron chi connectivity index (χ3n) is 5.87. The molecule has 4 rings (SSSR count). The molecule has 1 amide bonds. The third-order valence-corrected chi connectivity index (χ3v) is 5.87. The number of hydrogen-bond acceptors (Lipinski definition) is 4. The van der Waals surface area contributed by atoms with Crippen molar-refractivity contribution in [2.75, 3.05) is 13.2 Å². The van der Waals surface area contributed by atoms with Gasteiger partial charge in [0.15, 0.2) is 0 Å². The molecule has 5 nitrogen and oxygen atoms in total. The first kappa shape index (κ1) is 16.1. The van der Waals surface area contributed by atoms with E-state index < -0.39 is 5.54 Å². The summed E-state index contributed by atoms with van der Waals surface area (Å²) in [7, 11) is 0. The topological polar surface area (TPSA) is 70.9 Å². The maximum Gasteiger partial charge on any atom is 0.266 e. The molecule has 0 radical (unpaired) electrons. The van der Waals surface area contributed by atoms with E-state index in [1.54, 1.807) is 0 Å². The first-order valence-corrected chi connectivity index (χ1v) is 9.56. The van der Waals surface area contributed by atoms with Crippen LogP contribution in [-0.4, -0.2) is 35.5 Å². The zero-order valence-corrected chi connectivity index (χ0v) is 14.4. The molecular weight excluding hydrogens is 304 g/mol. The standard InChI is InChI=1S/C19H28N2O3/c22-12-19(9-1-2-10-19)21-17(23)16-8-7-15(14-5-6-14)18(20-16)24-11-13-3-4-13/h13-14,22H,1-12H2,(H,21,23). The van der Waals surface area contributed by atoms with Crippen LogP contribution in [0.3, 0.4) is 0 Å². The second-order valence-electron chi connectivity index (χ2n) is 8.02. The van der Waals surface area contributed by atoms with E-state index in [1.165, 1.54) is 31.3 Å². The lowest BCUT2D eigenvalue weighted by Crippen LogP contribution is -2.51. The van der Waals surface area contributed by atoms with Crippen molar-refractivity contribution in [3.63, 3.8) is 0 Å². The molecule has 3 saturated carbocycles. The Bertz CT molecular complexity index is 567. The summed E-state index contributed by atoms with van der Waals surface area (Å²) >= 11 is 0. The molecule has 1 aliphatic heterocycles. The molecule has 5 heteroatoms. The number of carbonyl (C=O) groups excluding carboxylic acids is 1. The van der Waals surface area contributed by atoms with Gasteiger partial charge in [0.2, 0.25) is 5.88 Å². The molecule has 3 fully saturated rings. The maximum absolute atomic E-state index is 12.7. The normalized spacial score (nSPS) is 26.3. The Morgan fingerprint density at radius 3 is 2.58 bits per heavy atom. The molecule has 3 aliphatic carbocycles. The summed E-state index contributed by atoms with van der Waals surface area (Å²) in [5.41, 5.74) is 1.46. The van der Waals surface area contributed by atoms with Gasteiger partial charge in [-0.15, -0.1) is 0 Å². The highest BCUT2D eigenvalue weighted by atomic mass is 16.5. The van der Waals surface area contributed by atoms with Crippen molar-refractivity contribution in [2.24, 2.45) is 16.8 Å². The smallest absolute Gasteiger partial charge is 0.266 e. The van der Waals surface area contributed by atoms with Crippen LogP contribution in [0.1, 0.15) is 64.2 Å². The Morgan fingerprint density at radius 2 is 1.96 bits per heavy atom. The predicted molar refractivity (Wildman–Crippen MR) is 91.5 cm³/mol. The van der Waals surface area contributed by atoms with Gasteiger partial charge < -0.3 is 15.2 Å². The summed E-state index contributed by atoms with van der Waals surface area (Å²) in [5, 5.41) is 12.8. The summed E-state index contributed by atoms with van der Waals surface area (Å²) in [6, 6.07) is 0. The quantitative estimate of drug-likeness (QED) is 0.753. The van der Waals surface area contributed by atoms with Crippen LogP contribution in [0.5, 0.6) is 0 Å². The molecule has 4 aliphatic rings. The minimum Gasteiger partial charge on any atom is -0.477 e. The highest BCUT2D eigenvalue weighted by Crippen LogP contribution is 2.43. The lowest BCUT2D eigenvalue weighted by Gasteiger charge is -2.29. The average molecular weight is 332 g/mol. The van der Waals surface area contributed by atoms with Crippen LogP contribution in [0.25, 0.3) is 0 Å². The Kier molecular flexibility index (Phi) is 4.37. The Morgan fingerprint density at radius 1 is 1.21 bits per heavy atom. The second kappa shape index (κ2) is 6.51. The Hall–Kier alpha value is -1.36. The van der Waals surface area contributed by atoms with E-state index in [-0.39, 0.29) is 12.5 Å². The van der Waals surface area contributed by atoms with Crippen LogP contribution in [0.2, 0.25) is 0 Å². The Labute approximate surface area is 143 Å². The highest BCUT2D eigenvalue weighted by Gasteiger charge is 2.37. The van der Waals surface area contributed by atoms with Gasteiger partial charge in [-0.25, -0.2) is 4.99 Å². The number of aliphatic hydroxyl groups excluding tert-OH is 1. The number of nitrogens with one attached hydrogen (secondary N) is 1. The van der Waals surface area contributed by atoms with Crippen molar-refractivity contribution < 1.29 is 14.6 Å². The van der Waals surface area contributed by atoms with Gasteiger partial charge in [-0.05, 0) is 68.8 Å². The fourth-order valence-electron chi connectivity index (χ4n) is 3.88. The van der Waals surface area contributed by atoms with Crippen LogP contribution in [0, 0.1) is 11.8 Å². The monoisotopic (exact) mass is 332 g/mol. The van der Waals surface area contributed by atoms with Crippen molar-refractivity contribution in [1.82, 2.24) is 5.32 Å². The number of allylic oxidation sites excluding steroid dienone is 1. The van der Waals surface area contributed by atoms with E-state index in [0.717, 1.165) is 44.6 Å². The number of hydrogen-bond donors (Lipinski definition) is 2. The largest absolute Gasteiger partial charge is 0.477 e. The lowest BCUT2D eigenvalue weighted by atomic mass is 9.96. The molecule has 0 aromatic carbocycles. The first-order valence-electron chi connectivity index (χ1n) is 9.56. The summed E-state index contributed by atoms with van der Waals surface area (Å²) in [5.74, 6) is 1.92. The SMILES string of the molecule is O=C(NC1(CO)CCCC1)C1=NC(OCC2CC2)=C(C2CC2)CC1. The van der Waals surface area contributed by atoms with Gasteiger partial charge in [0.1, 0.15) is 5.71 Å². The van der Waals surface area contributed by atoms with Crippen LogP contribution in [0.4, 0.5) is 0 Å². The highest BCUT2D eigenvalue weighted by molar-refractivity contribution is 6.39. The van der Waals surface area contributed by atoms with Crippen LogP contribution >= 0.6 is 0 Å². The van der Waals surface area contributed by atoms with E-state index in [2.05, 4.69) is 10.3 Å². The summed E-state index contributed by atoms with van der Waals surface area (Å²) in [6.45, 7) is 0.755. The van der Waals surface area contributed by atoms with Gasteiger partial charge in [0.05, 0.1) is 18.8 Å². The van der Waals surface area contributed by atoms with Gasteiger partial charge >= 0.3 is 0 Å². The fraction of sp³-hybridized carbons (Fsp3) is 0.789. The number of rotatable bonds is 7. The molecule has 2 N–H and O–H groups in total. The second-order valence-corrected chi connectivity index (χ2v) is 8.02. The summed E-state index contributed by atoms with van der Waals surface area (Å²) < 4.78 is 5.99. The zero-order chi connectivity index (χ0) is 16.6. The lowest BCUT2D eigenvalue weighted by molar-refractivity contribution is -0.117. The Balaban J connectivity index is 1.47. The molecule has 0 aromatic rings. The van der Waals surface area contributed by atoms with Crippen LogP contribution in [-0.2, 0) is 9.53 Å². The van der Waals surface area contributed by atoms with E-state index >= 15 is 0 Å². The number of aliphatic hydroxyl groups is 1. The minimum absolute atomic E-state index is 0.0141. The van der Waals surface area contributed by atoms with Crippen molar-refractivity contribution in [3.05, 3.63) is 11.5 Å². The molecule has 24 heavy (non-hydrogen) atoms. The van der Waals surface area contributed by atoms with E-state index in [4.69, 9.17) is 4.74 Å². The predicted octanol–water partition coefficient (Wildman–Crippen LogP) is 2.69. The molecule has 0 atom stereocenters. The van der Waals surface area contributed by atoms with E-state index in [1.807, 2.05) is 0 Å². The molecule has 0 aromatic heterocycles. The van der Waals surface area contributed by atoms with Gasteiger partial charge in [-0.2, -0.15) is 0 Å². The van der Waals surface area contributed by atoms with Crippen molar-refractivity contribution >= 4 is 11.6 Å².